The number of fused-ring (bicyclic) bond motifs is 1. The number of thiophene rings is 1. The molecule has 0 bridgehead atoms. The Kier molecular flexibility index (Phi) is 5.04. The Morgan fingerprint density at radius 2 is 1.86 bits per heavy atom. The van der Waals surface area contributed by atoms with E-state index >= 15 is 0 Å². The van der Waals surface area contributed by atoms with E-state index in [0.717, 1.165) is 48.3 Å². The summed E-state index contributed by atoms with van der Waals surface area (Å²) in [5.41, 5.74) is 6.34. The summed E-state index contributed by atoms with van der Waals surface area (Å²) in [6, 6.07) is 15.9. The Morgan fingerprint density at radius 3 is 2.57 bits per heavy atom. The van der Waals surface area contributed by atoms with Gasteiger partial charge >= 0.3 is 0 Å². The van der Waals surface area contributed by atoms with E-state index < -0.39 is 0 Å². The molecule has 0 spiro atoms. The van der Waals surface area contributed by atoms with Gasteiger partial charge < -0.3 is 5.32 Å². The van der Waals surface area contributed by atoms with Gasteiger partial charge in [-0.3, -0.25) is 4.79 Å². The molecule has 4 aromatic rings. The standard InChI is InChI=1S/C23H19BrN2OS/c1-13-9-15(3)22-17(10-13)18(12-20(25-22)21-5-4-8-28-21)23(27)26-19-7-6-16(24)11-14(19)2/h4-12H,1-3H3,(H,26,27). The van der Waals surface area contributed by atoms with Gasteiger partial charge in [-0.25, -0.2) is 4.98 Å². The molecule has 0 aliphatic heterocycles. The van der Waals surface area contributed by atoms with Crippen LogP contribution in [0.15, 0.2) is 58.4 Å². The van der Waals surface area contributed by atoms with E-state index in [1.165, 1.54) is 0 Å². The molecule has 140 valence electrons. The van der Waals surface area contributed by atoms with E-state index in [2.05, 4.69) is 27.3 Å². The minimum absolute atomic E-state index is 0.124. The van der Waals surface area contributed by atoms with Crippen molar-refractivity contribution in [3.05, 3.63) is 80.6 Å². The SMILES string of the molecule is Cc1cc(C)c2nc(-c3cccs3)cc(C(=O)Nc3ccc(Br)cc3C)c2c1. The van der Waals surface area contributed by atoms with Crippen LogP contribution >= 0.6 is 27.3 Å². The van der Waals surface area contributed by atoms with Gasteiger partial charge in [0.1, 0.15) is 0 Å². The molecule has 0 aliphatic rings. The van der Waals surface area contributed by atoms with Crippen LogP contribution in [0.25, 0.3) is 21.5 Å². The van der Waals surface area contributed by atoms with Gasteiger partial charge in [-0.2, -0.15) is 0 Å². The molecule has 0 atom stereocenters. The maximum absolute atomic E-state index is 13.3. The van der Waals surface area contributed by atoms with Gasteiger partial charge in [-0.1, -0.05) is 33.6 Å². The van der Waals surface area contributed by atoms with Crippen LogP contribution in [0.3, 0.4) is 0 Å². The summed E-state index contributed by atoms with van der Waals surface area (Å²) in [5, 5.41) is 5.97. The summed E-state index contributed by atoms with van der Waals surface area (Å²) < 4.78 is 0.989. The molecule has 4 rings (SSSR count). The Bertz CT molecular complexity index is 1200. The highest BCUT2D eigenvalue weighted by Gasteiger charge is 2.17. The number of carbonyl (C=O) groups excluding carboxylic acids is 1. The van der Waals surface area contributed by atoms with Gasteiger partial charge in [0.25, 0.3) is 5.91 Å². The second-order valence-corrected chi connectivity index (χ2v) is 8.79. The number of amides is 1. The van der Waals surface area contributed by atoms with Crippen LogP contribution in [-0.4, -0.2) is 10.9 Å². The molecule has 0 radical (unpaired) electrons. The van der Waals surface area contributed by atoms with Crippen molar-refractivity contribution in [2.24, 2.45) is 0 Å². The average molecular weight is 451 g/mol. The molecular weight excluding hydrogens is 432 g/mol. The highest BCUT2D eigenvalue weighted by Crippen LogP contribution is 2.31. The third kappa shape index (κ3) is 3.60. The largest absolute Gasteiger partial charge is 0.322 e. The van der Waals surface area contributed by atoms with Crippen LogP contribution < -0.4 is 5.32 Å². The minimum atomic E-state index is -0.124. The van der Waals surface area contributed by atoms with Gasteiger partial charge in [0, 0.05) is 15.5 Å². The van der Waals surface area contributed by atoms with Crippen molar-refractivity contribution in [3.8, 4) is 10.6 Å². The number of pyridine rings is 1. The molecule has 2 heterocycles. The number of anilines is 1. The second-order valence-electron chi connectivity index (χ2n) is 6.92. The molecule has 2 aromatic heterocycles. The van der Waals surface area contributed by atoms with Crippen LogP contribution in [0.5, 0.6) is 0 Å². The molecule has 0 unspecified atom stereocenters. The molecule has 5 heteroatoms. The molecule has 1 amide bonds. The monoisotopic (exact) mass is 450 g/mol. The van der Waals surface area contributed by atoms with Gasteiger partial charge in [-0.05, 0) is 73.7 Å². The van der Waals surface area contributed by atoms with E-state index in [0.29, 0.717) is 5.56 Å². The Labute approximate surface area is 176 Å². The quantitative estimate of drug-likeness (QED) is 0.368. The predicted molar refractivity (Wildman–Crippen MR) is 121 cm³/mol. The summed E-state index contributed by atoms with van der Waals surface area (Å²) in [5.74, 6) is -0.124. The molecule has 0 saturated carbocycles. The van der Waals surface area contributed by atoms with Crippen LogP contribution in [0.1, 0.15) is 27.0 Å². The summed E-state index contributed by atoms with van der Waals surface area (Å²) >= 11 is 5.09. The zero-order valence-electron chi connectivity index (χ0n) is 15.8. The minimum Gasteiger partial charge on any atom is -0.322 e. The molecule has 0 fully saturated rings. The number of rotatable bonds is 3. The molecular formula is C23H19BrN2OS. The van der Waals surface area contributed by atoms with Crippen LogP contribution in [0.4, 0.5) is 5.69 Å². The normalized spacial score (nSPS) is 11.0. The number of nitrogens with one attached hydrogen (secondary N) is 1. The van der Waals surface area contributed by atoms with Crippen molar-refractivity contribution >= 4 is 49.8 Å². The first kappa shape index (κ1) is 18.8. The molecule has 0 aliphatic carbocycles. The molecule has 0 saturated heterocycles. The van der Waals surface area contributed by atoms with Crippen LogP contribution in [-0.2, 0) is 0 Å². The summed E-state index contributed by atoms with van der Waals surface area (Å²) in [7, 11) is 0. The topological polar surface area (TPSA) is 42.0 Å². The molecule has 3 nitrogen and oxygen atoms in total. The fourth-order valence-electron chi connectivity index (χ4n) is 3.38. The number of aryl methyl sites for hydroxylation is 3. The zero-order valence-corrected chi connectivity index (χ0v) is 18.2. The molecule has 2 aromatic carbocycles. The summed E-state index contributed by atoms with van der Waals surface area (Å²) in [6.07, 6.45) is 0. The molecule has 1 N–H and O–H groups in total. The van der Waals surface area contributed by atoms with E-state index in [4.69, 9.17) is 4.98 Å². The molecule has 28 heavy (non-hydrogen) atoms. The number of halogens is 1. The van der Waals surface area contributed by atoms with Crippen molar-refractivity contribution in [1.82, 2.24) is 4.98 Å². The lowest BCUT2D eigenvalue weighted by molar-refractivity contribution is 0.102. The van der Waals surface area contributed by atoms with Crippen molar-refractivity contribution in [2.75, 3.05) is 5.32 Å². The maximum Gasteiger partial charge on any atom is 0.256 e. The Balaban J connectivity index is 1.87. The number of nitrogens with zero attached hydrogens (tertiary/aromatic N) is 1. The van der Waals surface area contributed by atoms with Crippen LogP contribution in [0, 0.1) is 20.8 Å². The fraction of sp³-hybridized carbons (Fsp3) is 0.130. The van der Waals surface area contributed by atoms with Gasteiger partial charge in [0.05, 0.1) is 21.7 Å². The van der Waals surface area contributed by atoms with Crippen molar-refractivity contribution in [3.63, 3.8) is 0 Å². The smallest absolute Gasteiger partial charge is 0.256 e. The first-order chi connectivity index (χ1) is 13.4. The number of hydrogen-bond donors (Lipinski definition) is 1. The number of benzene rings is 2. The highest BCUT2D eigenvalue weighted by molar-refractivity contribution is 9.10. The number of aromatic nitrogens is 1. The van der Waals surface area contributed by atoms with Gasteiger partial charge in [-0.15, -0.1) is 11.3 Å². The van der Waals surface area contributed by atoms with E-state index in [9.17, 15) is 4.79 Å². The lowest BCUT2D eigenvalue weighted by Gasteiger charge is -2.13. The lowest BCUT2D eigenvalue weighted by Crippen LogP contribution is -2.14. The van der Waals surface area contributed by atoms with E-state index in [1.54, 1.807) is 11.3 Å². The summed E-state index contributed by atoms with van der Waals surface area (Å²) in [4.78, 5) is 19.2. The van der Waals surface area contributed by atoms with Crippen LogP contribution in [0.2, 0.25) is 0 Å². The first-order valence-corrected chi connectivity index (χ1v) is 10.6. The number of hydrogen-bond acceptors (Lipinski definition) is 3. The van der Waals surface area contributed by atoms with Gasteiger partial charge in [0.2, 0.25) is 0 Å². The number of carbonyl (C=O) groups is 1. The second kappa shape index (κ2) is 7.49. The van der Waals surface area contributed by atoms with Crippen molar-refractivity contribution in [2.45, 2.75) is 20.8 Å². The first-order valence-electron chi connectivity index (χ1n) is 8.96. The Hall–Kier alpha value is -2.50. The average Bonchev–Trinajstić information content (AvgIpc) is 3.18. The van der Waals surface area contributed by atoms with Crippen molar-refractivity contribution in [1.29, 1.82) is 0 Å². The third-order valence-corrected chi connectivity index (χ3v) is 6.09. The highest BCUT2D eigenvalue weighted by atomic mass is 79.9. The van der Waals surface area contributed by atoms with E-state index in [-0.39, 0.29) is 5.91 Å². The maximum atomic E-state index is 13.3. The van der Waals surface area contributed by atoms with E-state index in [1.807, 2.05) is 68.6 Å². The fourth-order valence-corrected chi connectivity index (χ4v) is 4.54. The predicted octanol–water partition coefficient (Wildman–Crippen LogP) is 6.90. The lowest BCUT2D eigenvalue weighted by atomic mass is 10.0. The third-order valence-electron chi connectivity index (χ3n) is 4.70. The van der Waals surface area contributed by atoms with Crippen molar-refractivity contribution < 1.29 is 4.79 Å². The zero-order chi connectivity index (χ0) is 19.8. The Morgan fingerprint density at radius 1 is 1.04 bits per heavy atom. The van der Waals surface area contributed by atoms with Gasteiger partial charge in [0.15, 0.2) is 0 Å². The summed E-state index contributed by atoms with van der Waals surface area (Å²) in [6.45, 7) is 6.07.